The van der Waals surface area contributed by atoms with Gasteiger partial charge in [0, 0.05) is 6.04 Å². The fraction of sp³-hybridized carbons (Fsp3) is 0.333. The van der Waals surface area contributed by atoms with Gasteiger partial charge < -0.3 is 9.73 Å². The van der Waals surface area contributed by atoms with E-state index in [9.17, 15) is 4.39 Å². The molecular formula is C15H16FNO. The number of hydrogen-bond donors (Lipinski definition) is 1. The van der Waals surface area contributed by atoms with Crippen molar-refractivity contribution in [3.05, 3.63) is 59.3 Å². The van der Waals surface area contributed by atoms with Crippen molar-refractivity contribution in [1.82, 2.24) is 5.32 Å². The molecule has 1 aromatic carbocycles. The predicted molar refractivity (Wildman–Crippen MR) is 67.7 cm³/mol. The molecule has 1 aliphatic rings. The topological polar surface area (TPSA) is 25.2 Å². The molecule has 0 bridgehead atoms. The third-order valence-electron chi connectivity index (χ3n) is 3.63. The highest BCUT2D eigenvalue weighted by Crippen LogP contribution is 2.34. The summed E-state index contributed by atoms with van der Waals surface area (Å²) < 4.78 is 19.0. The van der Waals surface area contributed by atoms with Crippen molar-refractivity contribution in [3.8, 4) is 0 Å². The van der Waals surface area contributed by atoms with Gasteiger partial charge >= 0.3 is 0 Å². The minimum absolute atomic E-state index is 0.0811. The Bertz CT molecular complexity index is 535. The average Bonchev–Trinajstić information content (AvgIpc) is 2.99. The lowest BCUT2D eigenvalue weighted by atomic mass is 10.1. The van der Waals surface area contributed by atoms with Crippen molar-refractivity contribution in [1.29, 1.82) is 0 Å². The van der Waals surface area contributed by atoms with E-state index in [1.54, 1.807) is 12.3 Å². The van der Waals surface area contributed by atoms with Crippen LogP contribution in [0.5, 0.6) is 0 Å². The summed E-state index contributed by atoms with van der Waals surface area (Å²) in [6, 6.07) is 9.53. The molecule has 0 radical (unpaired) electrons. The number of benzene rings is 1. The standard InChI is InChI=1S/C15H16FNO/c1-10(15-6-3-9-18-15)17-14-8-7-11-12(14)4-2-5-13(11)16/h2-6,9-10,14,17H,7-8H2,1H3/t10-,14?/m1/s1. The average molecular weight is 245 g/mol. The largest absolute Gasteiger partial charge is 0.468 e. The second kappa shape index (κ2) is 4.58. The van der Waals surface area contributed by atoms with Gasteiger partial charge in [0.1, 0.15) is 11.6 Å². The summed E-state index contributed by atoms with van der Waals surface area (Å²) in [5, 5.41) is 3.50. The van der Waals surface area contributed by atoms with Crippen LogP contribution < -0.4 is 5.32 Å². The Balaban J connectivity index is 1.79. The smallest absolute Gasteiger partial charge is 0.126 e. The SMILES string of the molecule is C[C@@H](NC1CCc2c(F)cccc21)c1ccco1. The Morgan fingerprint density at radius 3 is 3.00 bits per heavy atom. The Hall–Kier alpha value is -1.61. The van der Waals surface area contributed by atoms with Crippen LogP contribution in [0.25, 0.3) is 0 Å². The second-order valence-corrected chi connectivity index (χ2v) is 4.80. The molecule has 0 spiro atoms. The maximum atomic E-state index is 13.6. The third-order valence-corrected chi connectivity index (χ3v) is 3.63. The van der Waals surface area contributed by atoms with Gasteiger partial charge in [-0.05, 0) is 49.1 Å². The van der Waals surface area contributed by atoms with Gasteiger partial charge in [0.2, 0.25) is 0 Å². The lowest BCUT2D eigenvalue weighted by Crippen LogP contribution is -2.22. The van der Waals surface area contributed by atoms with Crippen LogP contribution in [0.15, 0.2) is 41.0 Å². The van der Waals surface area contributed by atoms with Crippen LogP contribution in [0.2, 0.25) is 0 Å². The van der Waals surface area contributed by atoms with E-state index in [2.05, 4.69) is 12.2 Å². The molecule has 2 aromatic rings. The fourth-order valence-electron chi connectivity index (χ4n) is 2.70. The summed E-state index contributed by atoms with van der Waals surface area (Å²) in [6.45, 7) is 2.07. The van der Waals surface area contributed by atoms with E-state index in [4.69, 9.17) is 4.42 Å². The molecule has 94 valence electrons. The van der Waals surface area contributed by atoms with Crippen LogP contribution in [-0.2, 0) is 6.42 Å². The molecule has 3 heteroatoms. The summed E-state index contributed by atoms with van der Waals surface area (Å²) >= 11 is 0. The Morgan fingerprint density at radius 2 is 2.22 bits per heavy atom. The zero-order valence-corrected chi connectivity index (χ0v) is 10.3. The number of halogens is 1. The first kappa shape index (κ1) is 11.5. The van der Waals surface area contributed by atoms with Crippen molar-refractivity contribution >= 4 is 0 Å². The van der Waals surface area contributed by atoms with Crippen molar-refractivity contribution in [3.63, 3.8) is 0 Å². The zero-order chi connectivity index (χ0) is 12.5. The van der Waals surface area contributed by atoms with Gasteiger partial charge in [-0.15, -0.1) is 0 Å². The maximum Gasteiger partial charge on any atom is 0.126 e. The van der Waals surface area contributed by atoms with Crippen molar-refractivity contribution in [2.75, 3.05) is 0 Å². The summed E-state index contributed by atoms with van der Waals surface area (Å²) in [7, 11) is 0. The quantitative estimate of drug-likeness (QED) is 0.890. The minimum atomic E-state index is -0.0811. The zero-order valence-electron chi connectivity index (χ0n) is 10.3. The lowest BCUT2D eigenvalue weighted by Gasteiger charge is -2.18. The number of rotatable bonds is 3. The van der Waals surface area contributed by atoms with Gasteiger partial charge in [0.05, 0.1) is 12.3 Å². The molecule has 18 heavy (non-hydrogen) atoms. The first-order valence-corrected chi connectivity index (χ1v) is 6.32. The molecule has 0 saturated heterocycles. The molecule has 1 N–H and O–H groups in total. The summed E-state index contributed by atoms with van der Waals surface area (Å²) in [5.74, 6) is 0.835. The maximum absolute atomic E-state index is 13.6. The van der Waals surface area contributed by atoms with E-state index in [0.29, 0.717) is 0 Å². The Morgan fingerprint density at radius 1 is 1.33 bits per heavy atom. The molecule has 3 rings (SSSR count). The van der Waals surface area contributed by atoms with Crippen LogP contribution in [0, 0.1) is 5.82 Å². The highest BCUT2D eigenvalue weighted by molar-refractivity contribution is 5.35. The van der Waals surface area contributed by atoms with Gasteiger partial charge in [0.15, 0.2) is 0 Å². The Labute approximate surface area is 106 Å². The second-order valence-electron chi connectivity index (χ2n) is 4.80. The van der Waals surface area contributed by atoms with Gasteiger partial charge in [0.25, 0.3) is 0 Å². The minimum Gasteiger partial charge on any atom is -0.468 e. The first-order chi connectivity index (χ1) is 8.75. The number of hydrogen-bond acceptors (Lipinski definition) is 2. The lowest BCUT2D eigenvalue weighted by molar-refractivity contribution is 0.391. The summed E-state index contributed by atoms with van der Waals surface area (Å²) in [5.41, 5.74) is 1.95. The van der Waals surface area contributed by atoms with Gasteiger partial charge in [-0.25, -0.2) is 4.39 Å². The monoisotopic (exact) mass is 245 g/mol. The van der Waals surface area contributed by atoms with Crippen molar-refractivity contribution < 1.29 is 8.81 Å². The van der Waals surface area contributed by atoms with Crippen LogP contribution in [0.3, 0.4) is 0 Å². The van der Waals surface area contributed by atoms with Crippen LogP contribution in [0.4, 0.5) is 4.39 Å². The summed E-state index contributed by atoms with van der Waals surface area (Å²) in [6.07, 6.45) is 3.43. The Kier molecular flexibility index (Phi) is 2.92. The summed E-state index contributed by atoms with van der Waals surface area (Å²) in [4.78, 5) is 0. The number of furan rings is 1. The highest BCUT2D eigenvalue weighted by Gasteiger charge is 2.26. The molecule has 1 unspecified atom stereocenters. The van der Waals surface area contributed by atoms with Crippen molar-refractivity contribution in [2.45, 2.75) is 31.8 Å². The predicted octanol–water partition coefficient (Wildman–Crippen LogP) is 3.76. The number of fused-ring (bicyclic) bond motifs is 1. The van der Waals surface area contributed by atoms with E-state index in [1.165, 1.54) is 6.07 Å². The van der Waals surface area contributed by atoms with E-state index in [-0.39, 0.29) is 17.9 Å². The molecule has 2 nitrogen and oxygen atoms in total. The van der Waals surface area contributed by atoms with Crippen molar-refractivity contribution in [2.24, 2.45) is 0 Å². The van der Waals surface area contributed by atoms with E-state index in [0.717, 1.165) is 29.7 Å². The third kappa shape index (κ3) is 1.95. The molecule has 1 heterocycles. The molecular weight excluding hydrogens is 229 g/mol. The molecule has 1 aromatic heterocycles. The normalized spacial score (nSPS) is 19.8. The van der Waals surface area contributed by atoms with Gasteiger partial charge in [-0.2, -0.15) is 0 Å². The molecule has 0 fully saturated rings. The van der Waals surface area contributed by atoms with Crippen LogP contribution in [-0.4, -0.2) is 0 Å². The highest BCUT2D eigenvalue weighted by atomic mass is 19.1. The molecule has 2 atom stereocenters. The van der Waals surface area contributed by atoms with Crippen LogP contribution in [0.1, 0.15) is 42.3 Å². The number of nitrogens with one attached hydrogen (secondary N) is 1. The van der Waals surface area contributed by atoms with E-state index < -0.39 is 0 Å². The molecule has 1 aliphatic carbocycles. The van der Waals surface area contributed by atoms with Crippen LogP contribution >= 0.6 is 0 Å². The first-order valence-electron chi connectivity index (χ1n) is 6.32. The van der Waals surface area contributed by atoms with Gasteiger partial charge in [-0.3, -0.25) is 0 Å². The van der Waals surface area contributed by atoms with E-state index >= 15 is 0 Å². The molecule has 0 aliphatic heterocycles. The molecule has 0 saturated carbocycles. The van der Waals surface area contributed by atoms with E-state index in [1.807, 2.05) is 18.2 Å². The van der Waals surface area contributed by atoms with Gasteiger partial charge in [-0.1, -0.05) is 12.1 Å². The fourth-order valence-corrected chi connectivity index (χ4v) is 2.70. The molecule has 0 amide bonds.